The number of rotatable bonds is 5. The first-order chi connectivity index (χ1) is 13.1. The molecule has 1 amide bonds. The van der Waals surface area contributed by atoms with Crippen molar-refractivity contribution in [3.8, 4) is 0 Å². The molecule has 1 aromatic heterocycles. The third kappa shape index (κ3) is 3.77. The van der Waals surface area contributed by atoms with Crippen molar-refractivity contribution in [3.63, 3.8) is 0 Å². The fraction of sp³-hybridized carbons (Fsp3) is 0.389. The monoisotopic (exact) mass is 371 g/mol. The van der Waals surface area contributed by atoms with E-state index in [1.54, 1.807) is 4.90 Å². The molecule has 0 spiro atoms. The zero-order valence-corrected chi connectivity index (χ0v) is 14.9. The van der Waals surface area contributed by atoms with Crippen LogP contribution in [0.4, 0.5) is 27.8 Å². The van der Waals surface area contributed by atoms with Crippen LogP contribution in [0.1, 0.15) is 24.0 Å². The van der Waals surface area contributed by atoms with Crippen molar-refractivity contribution in [2.45, 2.75) is 25.9 Å². The van der Waals surface area contributed by atoms with Crippen LogP contribution >= 0.6 is 0 Å². The third-order valence-electron chi connectivity index (χ3n) is 4.87. The summed E-state index contributed by atoms with van der Waals surface area (Å²) in [6, 6.07) is 8.29. The third-order valence-corrected chi connectivity index (χ3v) is 4.87. The molecule has 2 aliphatic rings. The number of amides is 1. The van der Waals surface area contributed by atoms with E-state index in [1.165, 1.54) is 23.9 Å². The zero-order chi connectivity index (χ0) is 18.8. The second-order valence-electron chi connectivity index (χ2n) is 6.93. The first-order valence-electron chi connectivity index (χ1n) is 9.01. The number of nitrogen functional groups attached to an aromatic ring is 1. The van der Waals surface area contributed by atoms with Crippen LogP contribution in [-0.4, -0.2) is 40.4 Å². The van der Waals surface area contributed by atoms with Gasteiger partial charge in [-0.05, 0) is 37.1 Å². The number of nitrogens with two attached hydrogens (primary N) is 1. The summed E-state index contributed by atoms with van der Waals surface area (Å²) in [4.78, 5) is 24.2. The van der Waals surface area contributed by atoms with Crippen LogP contribution in [0.2, 0.25) is 0 Å². The van der Waals surface area contributed by atoms with Crippen LogP contribution in [0.3, 0.4) is 0 Å². The number of anilines is 4. The summed E-state index contributed by atoms with van der Waals surface area (Å²) >= 11 is 0. The Morgan fingerprint density at radius 3 is 2.67 bits per heavy atom. The number of fused-ring (bicyclic) bond motifs is 1. The van der Waals surface area contributed by atoms with Gasteiger partial charge in [-0.25, -0.2) is 0 Å². The molecule has 4 N–H and O–H groups in total. The maximum Gasteiger partial charge on any atom is 0.255 e. The van der Waals surface area contributed by atoms with Crippen molar-refractivity contribution < 1.29 is 9.28 Å². The van der Waals surface area contributed by atoms with Crippen molar-refractivity contribution in [3.05, 3.63) is 35.4 Å². The van der Waals surface area contributed by atoms with E-state index in [-0.39, 0.29) is 24.2 Å². The predicted octanol–water partition coefficient (Wildman–Crippen LogP) is 1.91. The highest BCUT2D eigenvalue weighted by molar-refractivity contribution is 6.03. The number of aromatic nitrogens is 2. The smallest absolute Gasteiger partial charge is 0.255 e. The van der Waals surface area contributed by atoms with E-state index >= 15 is 0 Å². The van der Waals surface area contributed by atoms with Crippen molar-refractivity contribution >= 4 is 29.2 Å². The van der Waals surface area contributed by atoms with E-state index in [9.17, 15) is 9.28 Å². The highest BCUT2D eigenvalue weighted by atomic mass is 19.2. The number of nitrogens with zero attached hydrogens (tertiary/aromatic N) is 4. The number of carbonyl (C=O) groups is 1. The zero-order valence-electron chi connectivity index (χ0n) is 14.9. The highest BCUT2D eigenvalue weighted by Crippen LogP contribution is 2.33. The van der Waals surface area contributed by atoms with Gasteiger partial charge in [0.1, 0.15) is 5.69 Å². The second-order valence-corrected chi connectivity index (χ2v) is 6.93. The summed E-state index contributed by atoms with van der Waals surface area (Å²) in [6.45, 7) is 3.79. The Morgan fingerprint density at radius 2 is 1.93 bits per heavy atom. The average molecular weight is 371 g/mol. The minimum Gasteiger partial charge on any atom is -0.382 e. The number of hydrogen-bond acceptors (Lipinski definition) is 7. The summed E-state index contributed by atoms with van der Waals surface area (Å²) in [6.07, 6.45) is 2.51. The van der Waals surface area contributed by atoms with Crippen molar-refractivity contribution in [2.24, 2.45) is 0 Å². The molecule has 0 saturated carbocycles. The Kier molecular flexibility index (Phi) is 4.76. The van der Waals surface area contributed by atoms with Gasteiger partial charge >= 0.3 is 0 Å². The van der Waals surface area contributed by atoms with E-state index in [2.05, 4.69) is 32.3 Å². The van der Waals surface area contributed by atoms with Crippen LogP contribution in [0.15, 0.2) is 24.3 Å². The number of nitrogens with one attached hydrogen (secondary N) is 2. The van der Waals surface area contributed by atoms with E-state index < -0.39 is 0 Å². The standard InChI is InChI=1S/C18H22FN7O/c19-24-18-22-16(20)15-17(23-18)26(11-14(27)21-15)10-13-5-3-4-12(8-13)9-25-6-1-2-7-25/h3-5,8H,1-2,6-7,9-11H2,(H,21,27)(H3,20,22,23,24). The lowest BCUT2D eigenvalue weighted by atomic mass is 10.1. The largest absolute Gasteiger partial charge is 0.382 e. The second kappa shape index (κ2) is 7.36. The Labute approximate surface area is 156 Å². The summed E-state index contributed by atoms with van der Waals surface area (Å²) in [5, 5.41) is 2.67. The fourth-order valence-electron chi connectivity index (χ4n) is 3.66. The molecule has 3 heterocycles. The maximum atomic E-state index is 12.8. The van der Waals surface area contributed by atoms with Gasteiger partial charge in [-0.3, -0.25) is 9.69 Å². The number of hydrogen-bond donors (Lipinski definition) is 3. The van der Waals surface area contributed by atoms with E-state index in [0.29, 0.717) is 18.1 Å². The topological polar surface area (TPSA) is 99.4 Å². The maximum absolute atomic E-state index is 12.8. The highest BCUT2D eigenvalue weighted by Gasteiger charge is 2.27. The Bertz CT molecular complexity index is 854. The molecule has 1 aromatic carbocycles. The average Bonchev–Trinajstić information content (AvgIpc) is 3.15. The van der Waals surface area contributed by atoms with Crippen LogP contribution in [0.5, 0.6) is 0 Å². The molecule has 0 aliphatic carbocycles. The van der Waals surface area contributed by atoms with Gasteiger partial charge in [0.2, 0.25) is 5.91 Å². The molecule has 2 aliphatic heterocycles. The first kappa shape index (κ1) is 17.5. The molecule has 0 bridgehead atoms. The summed E-state index contributed by atoms with van der Waals surface area (Å²) < 4.78 is 12.8. The van der Waals surface area contributed by atoms with Gasteiger partial charge < -0.3 is 16.0 Å². The number of benzene rings is 1. The predicted molar refractivity (Wildman–Crippen MR) is 102 cm³/mol. The minimum absolute atomic E-state index is 0.0287. The molecular formula is C18H22FN7O. The summed E-state index contributed by atoms with van der Waals surface area (Å²) in [5.41, 5.74) is 9.88. The lowest BCUT2D eigenvalue weighted by Gasteiger charge is -2.30. The van der Waals surface area contributed by atoms with Crippen LogP contribution in [0, 0.1) is 0 Å². The molecule has 9 heteroatoms. The molecule has 142 valence electrons. The van der Waals surface area contributed by atoms with Gasteiger partial charge in [-0.1, -0.05) is 24.3 Å². The molecule has 0 atom stereocenters. The number of halogens is 1. The van der Waals surface area contributed by atoms with Gasteiger partial charge in [0.25, 0.3) is 5.95 Å². The molecule has 1 saturated heterocycles. The van der Waals surface area contributed by atoms with Crippen molar-refractivity contribution in [1.29, 1.82) is 0 Å². The molecule has 0 radical (unpaired) electrons. The number of likely N-dealkylation sites (tertiary alicyclic amines) is 1. The van der Waals surface area contributed by atoms with E-state index in [1.807, 2.05) is 12.1 Å². The van der Waals surface area contributed by atoms with Crippen LogP contribution in [0.25, 0.3) is 0 Å². The van der Waals surface area contributed by atoms with Gasteiger partial charge in [-0.2, -0.15) is 15.5 Å². The Balaban J connectivity index is 1.58. The Hall–Kier alpha value is -2.94. The molecule has 8 nitrogen and oxygen atoms in total. The van der Waals surface area contributed by atoms with Crippen LogP contribution in [-0.2, 0) is 17.9 Å². The van der Waals surface area contributed by atoms with E-state index in [0.717, 1.165) is 25.2 Å². The SMILES string of the molecule is Nc1nc(NF)nc2c1NC(=O)CN2Cc1cccc(CN2CCCC2)c1. The van der Waals surface area contributed by atoms with Gasteiger partial charge in [-0.15, -0.1) is 4.48 Å². The first-order valence-corrected chi connectivity index (χ1v) is 9.01. The molecule has 1 fully saturated rings. The van der Waals surface area contributed by atoms with Gasteiger partial charge in [0, 0.05) is 13.1 Å². The quantitative estimate of drug-likeness (QED) is 0.691. The Morgan fingerprint density at radius 1 is 1.19 bits per heavy atom. The van der Waals surface area contributed by atoms with Crippen LogP contribution < -0.4 is 21.5 Å². The summed E-state index contributed by atoms with van der Waals surface area (Å²) in [7, 11) is 0. The molecule has 0 unspecified atom stereocenters. The van der Waals surface area contributed by atoms with E-state index in [4.69, 9.17) is 5.73 Å². The minimum atomic E-state index is -0.227. The van der Waals surface area contributed by atoms with Gasteiger partial charge in [0.15, 0.2) is 11.6 Å². The molecule has 2 aromatic rings. The lowest BCUT2D eigenvalue weighted by molar-refractivity contribution is -0.115. The normalized spacial score (nSPS) is 16.9. The van der Waals surface area contributed by atoms with Crippen molar-refractivity contribution in [2.75, 3.05) is 41.1 Å². The molecular weight excluding hydrogens is 349 g/mol. The lowest BCUT2D eigenvalue weighted by Crippen LogP contribution is -2.39. The molecule has 4 rings (SSSR count). The van der Waals surface area contributed by atoms with Crippen molar-refractivity contribution in [1.82, 2.24) is 14.9 Å². The fourth-order valence-corrected chi connectivity index (χ4v) is 3.66. The number of carbonyl (C=O) groups excluding carboxylic acids is 1. The van der Waals surface area contributed by atoms with Gasteiger partial charge in [0.05, 0.1) is 6.54 Å². The summed E-state index contributed by atoms with van der Waals surface area (Å²) in [5.74, 6) is 0.00958. The molecule has 27 heavy (non-hydrogen) atoms.